The fourth-order valence-electron chi connectivity index (χ4n) is 4.99. The average Bonchev–Trinajstić information content (AvgIpc) is 3.33. The van der Waals surface area contributed by atoms with Gasteiger partial charge in [-0.3, -0.25) is 14.4 Å². The van der Waals surface area contributed by atoms with Crippen LogP contribution in [-0.4, -0.2) is 47.8 Å². The highest BCUT2D eigenvalue weighted by molar-refractivity contribution is 6.37. The van der Waals surface area contributed by atoms with Crippen LogP contribution in [0, 0.1) is 6.92 Å². The summed E-state index contributed by atoms with van der Waals surface area (Å²) in [5.74, 6) is -1.86. The molecule has 0 aromatic heterocycles. The summed E-state index contributed by atoms with van der Waals surface area (Å²) >= 11 is 0. The van der Waals surface area contributed by atoms with Crippen molar-refractivity contribution in [3.8, 4) is 11.1 Å². The average molecular weight is 613 g/mol. The van der Waals surface area contributed by atoms with Gasteiger partial charge in [-0.25, -0.2) is 10.2 Å². The zero-order valence-electron chi connectivity index (χ0n) is 26.3. The van der Waals surface area contributed by atoms with Crippen molar-refractivity contribution in [2.45, 2.75) is 71.6 Å². The number of hydrazone groups is 1. The molecule has 0 bridgehead atoms. The predicted octanol–water partition coefficient (Wildman–Crippen LogP) is 5.13. The molecule has 0 unspecified atom stereocenters. The Balaban J connectivity index is 1.38. The number of benzene rings is 3. The summed E-state index contributed by atoms with van der Waals surface area (Å²) in [5.41, 5.74) is 7.96. The Morgan fingerprint density at radius 3 is 2.09 bits per heavy atom. The maximum atomic E-state index is 13.1. The highest BCUT2D eigenvalue weighted by Gasteiger charge is 2.30. The van der Waals surface area contributed by atoms with Crippen molar-refractivity contribution in [3.05, 3.63) is 95.1 Å². The Hall–Kier alpha value is -4.99. The number of fused-ring (bicyclic) bond motifs is 3. The van der Waals surface area contributed by atoms with E-state index >= 15 is 0 Å². The van der Waals surface area contributed by atoms with Gasteiger partial charge in [0.25, 0.3) is 11.8 Å². The van der Waals surface area contributed by atoms with Gasteiger partial charge in [0, 0.05) is 18.9 Å². The predicted molar refractivity (Wildman–Crippen MR) is 171 cm³/mol. The largest absolute Gasteiger partial charge is 0.460 e. The van der Waals surface area contributed by atoms with Crippen LogP contribution in [0.25, 0.3) is 11.1 Å². The molecule has 3 aromatic carbocycles. The highest BCUT2D eigenvalue weighted by atomic mass is 16.6. The molecule has 1 atom stereocenters. The van der Waals surface area contributed by atoms with Crippen molar-refractivity contribution in [1.82, 2.24) is 16.1 Å². The van der Waals surface area contributed by atoms with Gasteiger partial charge in [-0.05, 0) is 68.9 Å². The van der Waals surface area contributed by atoms with Crippen molar-refractivity contribution >= 4 is 29.6 Å². The molecule has 0 spiro atoms. The third-order valence-electron chi connectivity index (χ3n) is 7.25. The van der Waals surface area contributed by atoms with E-state index in [1.807, 2.05) is 79.7 Å². The molecule has 3 N–H and O–H groups in total. The molecule has 0 saturated heterocycles. The summed E-state index contributed by atoms with van der Waals surface area (Å²) < 4.78 is 11.0. The number of amides is 3. The molecule has 236 valence electrons. The van der Waals surface area contributed by atoms with E-state index in [1.165, 1.54) is 6.92 Å². The van der Waals surface area contributed by atoms with Gasteiger partial charge in [0.05, 0.1) is 0 Å². The lowest BCUT2D eigenvalue weighted by molar-refractivity contribution is -0.155. The third-order valence-corrected chi connectivity index (χ3v) is 7.25. The van der Waals surface area contributed by atoms with E-state index in [0.29, 0.717) is 6.54 Å². The number of ether oxygens (including phenoxy) is 2. The van der Waals surface area contributed by atoms with Crippen LogP contribution in [0.4, 0.5) is 4.79 Å². The van der Waals surface area contributed by atoms with Crippen LogP contribution in [0.5, 0.6) is 0 Å². The first-order valence-electron chi connectivity index (χ1n) is 14.9. The number of hydrogen-bond acceptors (Lipinski definition) is 7. The minimum absolute atomic E-state index is 0.0162. The fraction of sp³-hybridized carbons (Fsp3) is 0.343. The van der Waals surface area contributed by atoms with Gasteiger partial charge in [0.1, 0.15) is 24.0 Å². The summed E-state index contributed by atoms with van der Waals surface area (Å²) in [6.07, 6.45) is -1.03. The topological polar surface area (TPSA) is 135 Å². The lowest BCUT2D eigenvalue weighted by Crippen LogP contribution is -2.46. The second kappa shape index (κ2) is 14.7. The van der Waals surface area contributed by atoms with E-state index in [4.69, 9.17) is 9.47 Å². The summed E-state index contributed by atoms with van der Waals surface area (Å²) in [6, 6.07) is 22.5. The standard InChI is InChI=1S/C35H40N4O6/c1-22-14-16-24(17-15-22)20-36-32(41)23(2)38-39-33(42)30(18-19-31(40)45-35(3,4)5)37-34(43)44-21-29-27-12-8-6-10-25(27)26-11-7-9-13-28(26)29/h6-17,29-30H,18-21H2,1-5H3,(H,36,41)(H,37,43)(H,39,42)/b38-23-/t30-/m0/s1. The molecule has 4 rings (SSSR count). The number of nitrogens with one attached hydrogen (secondary N) is 3. The van der Waals surface area contributed by atoms with E-state index < -0.39 is 35.5 Å². The molecule has 1 aliphatic rings. The van der Waals surface area contributed by atoms with E-state index in [-0.39, 0.29) is 31.1 Å². The van der Waals surface area contributed by atoms with Crippen molar-refractivity contribution < 1.29 is 28.7 Å². The molecule has 0 radical (unpaired) electrons. The van der Waals surface area contributed by atoms with Crippen LogP contribution in [0.1, 0.15) is 68.7 Å². The van der Waals surface area contributed by atoms with Gasteiger partial charge in [-0.1, -0.05) is 78.4 Å². The Morgan fingerprint density at radius 1 is 0.889 bits per heavy atom. The quantitative estimate of drug-likeness (QED) is 0.156. The summed E-state index contributed by atoms with van der Waals surface area (Å²) in [6.45, 7) is 9.01. The first-order valence-corrected chi connectivity index (χ1v) is 14.9. The number of alkyl carbamates (subject to hydrolysis) is 1. The maximum Gasteiger partial charge on any atom is 0.407 e. The second-order valence-electron chi connectivity index (χ2n) is 12.0. The van der Waals surface area contributed by atoms with Gasteiger partial charge in [0.2, 0.25) is 0 Å². The molecule has 45 heavy (non-hydrogen) atoms. The molecule has 0 heterocycles. The van der Waals surface area contributed by atoms with Gasteiger partial charge in [-0.15, -0.1) is 0 Å². The third kappa shape index (κ3) is 9.25. The van der Waals surface area contributed by atoms with E-state index in [9.17, 15) is 19.2 Å². The van der Waals surface area contributed by atoms with E-state index in [0.717, 1.165) is 33.4 Å². The van der Waals surface area contributed by atoms with Crippen LogP contribution < -0.4 is 16.1 Å². The van der Waals surface area contributed by atoms with Crippen LogP contribution in [0.3, 0.4) is 0 Å². The number of nitrogens with zero attached hydrogens (tertiary/aromatic N) is 1. The number of aryl methyl sites for hydroxylation is 1. The Kier molecular flexibility index (Phi) is 10.7. The second-order valence-corrected chi connectivity index (χ2v) is 12.0. The SMILES string of the molecule is C/C(=N/NC(=O)[C@H](CCC(=O)OC(C)(C)C)NC(=O)OCC1c2ccccc2-c2ccccc21)C(=O)NCc1ccc(C)cc1. The van der Waals surface area contributed by atoms with E-state index in [2.05, 4.69) is 21.2 Å². The number of esters is 1. The monoisotopic (exact) mass is 612 g/mol. The van der Waals surface area contributed by atoms with Crippen LogP contribution >= 0.6 is 0 Å². The molecular weight excluding hydrogens is 572 g/mol. The molecule has 3 aromatic rings. The lowest BCUT2D eigenvalue weighted by Gasteiger charge is -2.21. The molecule has 0 fully saturated rings. The van der Waals surface area contributed by atoms with Gasteiger partial charge < -0.3 is 20.1 Å². The van der Waals surface area contributed by atoms with Gasteiger partial charge >= 0.3 is 12.1 Å². The first kappa shape index (κ1) is 32.9. The van der Waals surface area contributed by atoms with Crippen LogP contribution in [0.15, 0.2) is 77.9 Å². The maximum absolute atomic E-state index is 13.1. The number of rotatable bonds is 11. The molecular formula is C35H40N4O6. The van der Waals surface area contributed by atoms with Crippen LogP contribution in [0.2, 0.25) is 0 Å². The zero-order chi connectivity index (χ0) is 32.6. The Morgan fingerprint density at radius 2 is 1.49 bits per heavy atom. The minimum Gasteiger partial charge on any atom is -0.460 e. The molecule has 10 nitrogen and oxygen atoms in total. The van der Waals surface area contributed by atoms with Crippen molar-refractivity contribution in [3.63, 3.8) is 0 Å². The zero-order valence-corrected chi connectivity index (χ0v) is 26.3. The van der Waals surface area contributed by atoms with Gasteiger partial charge in [0.15, 0.2) is 0 Å². The highest BCUT2D eigenvalue weighted by Crippen LogP contribution is 2.44. The normalized spacial score (nSPS) is 13.2. The minimum atomic E-state index is -1.18. The number of carbonyl (C=O) groups excluding carboxylic acids is 4. The molecule has 10 heteroatoms. The Bertz CT molecular complexity index is 1530. The summed E-state index contributed by atoms with van der Waals surface area (Å²) in [5, 5.41) is 9.23. The molecule has 0 aliphatic heterocycles. The van der Waals surface area contributed by atoms with Gasteiger partial charge in [-0.2, -0.15) is 5.10 Å². The van der Waals surface area contributed by atoms with Crippen molar-refractivity contribution in [1.29, 1.82) is 0 Å². The van der Waals surface area contributed by atoms with Crippen LogP contribution in [-0.2, 0) is 30.4 Å². The van der Waals surface area contributed by atoms with E-state index in [1.54, 1.807) is 20.8 Å². The Labute approximate surface area is 263 Å². The number of carbonyl (C=O) groups is 4. The molecule has 0 saturated carbocycles. The first-order chi connectivity index (χ1) is 21.4. The molecule has 3 amide bonds. The lowest BCUT2D eigenvalue weighted by atomic mass is 9.98. The fourth-order valence-corrected chi connectivity index (χ4v) is 4.99. The molecule has 1 aliphatic carbocycles. The smallest absolute Gasteiger partial charge is 0.407 e. The number of hydrogen-bond donors (Lipinski definition) is 3. The summed E-state index contributed by atoms with van der Waals surface area (Å²) in [7, 11) is 0. The summed E-state index contributed by atoms with van der Waals surface area (Å²) in [4.78, 5) is 51.0. The van der Waals surface area contributed by atoms with Crippen molar-refractivity contribution in [2.75, 3.05) is 6.61 Å². The van der Waals surface area contributed by atoms with Crippen molar-refractivity contribution in [2.24, 2.45) is 5.10 Å².